The van der Waals surface area contributed by atoms with E-state index in [9.17, 15) is 14.0 Å². The zero-order valence-corrected chi connectivity index (χ0v) is 22.5. The SMILES string of the molecule is CC1c2c(Cl)cc(Cl)cc2CCN1C(=O)CNc1cc2nc(CN3CC4CNCC4C3)[nH]c(=O)c2cc1F. The van der Waals surface area contributed by atoms with E-state index in [0.717, 1.165) is 37.3 Å². The summed E-state index contributed by atoms with van der Waals surface area (Å²) in [6, 6.07) is 6.02. The Labute approximate surface area is 229 Å². The van der Waals surface area contributed by atoms with Crippen molar-refractivity contribution in [3.05, 3.63) is 67.4 Å². The summed E-state index contributed by atoms with van der Waals surface area (Å²) in [5, 5.41) is 7.63. The van der Waals surface area contributed by atoms with E-state index >= 15 is 0 Å². The summed E-state index contributed by atoms with van der Waals surface area (Å²) in [4.78, 5) is 37.3. The Morgan fingerprint density at radius 2 is 1.95 bits per heavy atom. The molecular formula is C27H29Cl2FN6O2. The number of anilines is 1. The molecule has 2 aromatic carbocycles. The van der Waals surface area contributed by atoms with Crippen LogP contribution in [0, 0.1) is 17.7 Å². The molecule has 0 aliphatic carbocycles. The van der Waals surface area contributed by atoms with Crippen LogP contribution in [0.3, 0.4) is 0 Å². The number of benzene rings is 2. The van der Waals surface area contributed by atoms with Gasteiger partial charge in [-0.25, -0.2) is 9.37 Å². The summed E-state index contributed by atoms with van der Waals surface area (Å²) in [6.07, 6.45) is 0.639. The lowest BCUT2D eigenvalue weighted by atomic mass is 9.93. The van der Waals surface area contributed by atoms with Gasteiger partial charge in [0, 0.05) is 29.7 Å². The lowest BCUT2D eigenvalue weighted by Gasteiger charge is -2.36. The highest BCUT2D eigenvalue weighted by Gasteiger charge is 2.36. The normalized spacial score (nSPS) is 23.1. The molecular weight excluding hydrogens is 530 g/mol. The number of nitrogens with one attached hydrogen (secondary N) is 3. The first-order chi connectivity index (χ1) is 18.3. The van der Waals surface area contributed by atoms with Gasteiger partial charge < -0.3 is 20.5 Å². The molecule has 11 heteroatoms. The molecule has 0 bridgehead atoms. The van der Waals surface area contributed by atoms with Crippen LogP contribution in [-0.2, 0) is 17.8 Å². The molecule has 3 aromatic rings. The Morgan fingerprint density at radius 1 is 1.18 bits per heavy atom. The highest BCUT2D eigenvalue weighted by atomic mass is 35.5. The molecule has 3 unspecified atom stereocenters. The van der Waals surface area contributed by atoms with Crippen molar-refractivity contribution in [2.24, 2.45) is 11.8 Å². The minimum atomic E-state index is -0.611. The van der Waals surface area contributed by atoms with Gasteiger partial charge >= 0.3 is 0 Å². The number of halogens is 3. The second kappa shape index (κ2) is 10.1. The van der Waals surface area contributed by atoms with E-state index in [2.05, 4.69) is 25.5 Å². The van der Waals surface area contributed by atoms with Crippen LogP contribution < -0.4 is 16.2 Å². The van der Waals surface area contributed by atoms with Crippen LogP contribution in [0.1, 0.15) is 29.9 Å². The van der Waals surface area contributed by atoms with Gasteiger partial charge in [-0.15, -0.1) is 0 Å². The molecule has 2 saturated heterocycles. The fourth-order valence-electron chi connectivity index (χ4n) is 6.23. The highest BCUT2D eigenvalue weighted by Crippen LogP contribution is 2.37. The van der Waals surface area contributed by atoms with E-state index < -0.39 is 5.82 Å². The quantitative estimate of drug-likeness (QED) is 0.443. The van der Waals surface area contributed by atoms with Crippen molar-refractivity contribution in [1.29, 1.82) is 0 Å². The van der Waals surface area contributed by atoms with Crippen molar-refractivity contribution in [2.45, 2.75) is 25.9 Å². The van der Waals surface area contributed by atoms with E-state index in [1.807, 2.05) is 13.0 Å². The topological polar surface area (TPSA) is 93.4 Å². The van der Waals surface area contributed by atoms with Crippen LogP contribution >= 0.6 is 23.2 Å². The van der Waals surface area contributed by atoms with Gasteiger partial charge in [-0.1, -0.05) is 23.2 Å². The van der Waals surface area contributed by atoms with Crippen LogP contribution in [-0.4, -0.2) is 64.9 Å². The van der Waals surface area contributed by atoms with Gasteiger partial charge in [-0.3, -0.25) is 14.5 Å². The van der Waals surface area contributed by atoms with Crippen molar-refractivity contribution in [1.82, 2.24) is 25.1 Å². The third kappa shape index (κ3) is 4.77. The summed E-state index contributed by atoms with van der Waals surface area (Å²) in [5.74, 6) is 1.04. The second-order valence-electron chi connectivity index (χ2n) is 10.6. The number of hydrogen-bond acceptors (Lipinski definition) is 6. The van der Waals surface area contributed by atoms with Crippen molar-refractivity contribution >= 4 is 45.7 Å². The smallest absolute Gasteiger partial charge is 0.258 e. The number of H-pyrrole nitrogens is 1. The van der Waals surface area contributed by atoms with Gasteiger partial charge in [0.25, 0.3) is 5.56 Å². The number of carbonyl (C=O) groups excluding carboxylic acids is 1. The van der Waals surface area contributed by atoms with E-state index in [0.29, 0.717) is 52.7 Å². The number of fused-ring (bicyclic) bond motifs is 3. The third-order valence-electron chi connectivity index (χ3n) is 8.12. The molecule has 4 heterocycles. The Bertz CT molecular complexity index is 1470. The number of aromatic nitrogens is 2. The monoisotopic (exact) mass is 558 g/mol. The molecule has 38 heavy (non-hydrogen) atoms. The molecule has 200 valence electrons. The molecule has 0 radical (unpaired) electrons. The van der Waals surface area contributed by atoms with E-state index in [4.69, 9.17) is 23.2 Å². The van der Waals surface area contributed by atoms with Crippen molar-refractivity contribution in [3.8, 4) is 0 Å². The third-order valence-corrected chi connectivity index (χ3v) is 8.65. The number of aromatic amines is 1. The number of amides is 1. The Hall–Kier alpha value is -2.72. The number of carbonyl (C=O) groups is 1. The molecule has 3 N–H and O–H groups in total. The second-order valence-corrected chi connectivity index (χ2v) is 11.4. The molecule has 0 spiro atoms. The molecule has 2 fully saturated rings. The molecule has 1 amide bonds. The first-order valence-corrected chi connectivity index (χ1v) is 13.7. The lowest BCUT2D eigenvalue weighted by Crippen LogP contribution is -2.42. The number of hydrogen-bond donors (Lipinski definition) is 3. The first-order valence-electron chi connectivity index (χ1n) is 12.9. The van der Waals surface area contributed by atoms with Gasteiger partial charge in [-0.05, 0) is 73.7 Å². The molecule has 1 aromatic heterocycles. The van der Waals surface area contributed by atoms with Gasteiger partial charge in [0.15, 0.2) is 0 Å². The van der Waals surface area contributed by atoms with Gasteiger partial charge in [0.05, 0.1) is 35.7 Å². The maximum atomic E-state index is 14.9. The molecule has 3 aliphatic heterocycles. The van der Waals surface area contributed by atoms with Gasteiger partial charge in [0.1, 0.15) is 11.6 Å². The summed E-state index contributed by atoms with van der Waals surface area (Å²) >= 11 is 12.6. The first kappa shape index (κ1) is 25.6. The molecule has 3 atom stereocenters. The van der Waals surface area contributed by atoms with Crippen LogP contribution in [0.2, 0.25) is 10.0 Å². The molecule has 6 rings (SSSR count). The number of rotatable bonds is 5. The zero-order chi connectivity index (χ0) is 26.6. The average Bonchev–Trinajstić information content (AvgIpc) is 3.45. The van der Waals surface area contributed by atoms with Crippen LogP contribution in [0.5, 0.6) is 0 Å². The summed E-state index contributed by atoms with van der Waals surface area (Å²) in [5.41, 5.74) is 2.08. The Balaban J connectivity index is 1.17. The van der Waals surface area contributed by atoms with Gasteiger partial charge in [-0.2, -0.15) is 0 Å². The van der Waals surface area contributed by atoms with E-state index in [1.165, 1.54) is 12.1 Å². The average molecular weight is 559 g/mol. The van der Waals surface area contributed by atoms with E-state index in [-0.39, 0.29) is 35.1 Å². The predicted octanol–water partition coefficient (Wildman–Crippen LogP) is 3.58. The standard InChI is InChI=1S/C27H29Cl2FN6O2/c1-14-26-15(4-18(28)5-20(26)29)2-3-36(14)25(37)10-32-23-7-22-19(6-21(23)30)27(38)34-24(33-22)13-35-11-16-8-31-9-17(16)12-35/h4-7,14,16-17,31-32H,2-3,8-13H2,1H3,(H,33,34,38). The maximum Gasteiger partial charge on any atom is 0.258 e. The largest absolute Gasteiger partial charge is 0.374 e. The number of nitrogens with zero attached hydrogens (tertiary/aromatic N) is 3. The van der Waals surface area contributed by atoms with Crippen molar-refractivity contribution < 1.29 is 9.18 Å². The lowest BCUT2D eigenvalue weighted by molar-refractivity contribution is -0.131. The summed E-state index contributed by atoms with van der Waals surface area (Å²) in [7, 11) is 0. The predicted molar refractivity (Wildman–Crippen MR) is 146 cm³/mol. The van der Waals surface area contributed by atoms with Crippen LogP contribution in [0.25, 0.3) is 10.9 Å². The minimum Gasteiger partial charge on any atom is -0.374 e. The molecule has 3 aliphatic rings. The summed E-state index contributed by atoms with van der Waals surface area (Å²) < 4.78 is 14.9. The maximum absolute atomic E-state index is 14.9. The highest BCUT2D eigenvalue weighted by molar-refractivity contribution is 6.35. The van der Waals surface area contributed by atoms with Crippen molar-refractivity contribution in [2.75, 3.05) is 44.6 Å². The van der Waals surface area contributed by atoms with E-state index in [1.54, 1.807) is 11.0 Å². The van der Waals surface area contributed by atoms with Crippen LogP contribution in [0.15, 0.2) is 29.1 Å². The summed E-state index contributed by atoms with van der Waals surface area (Å²) in [6.45, 7) is 6.87. The van der Waals surface area contributed by atoms with Gasteiger partial charge in [0.2, 0.25) is 5.91 Å². The number of likely N-dealkylation sites (tertiary alicyclic amines) is 1. The molecule has 8 nitrogen and oxygen atoms in total. The zero-order valence-electron chi connectivity index (χ0n) is 21.0. The van der Waals surface area contributed by atoms with Crippen LogP contribution in [0.4, 0.5) is 10.1 Å². The fraction of sp³-hybridized carbons (Fsp3) is 0.444. The molecule has 0 saturated carbocycles. The van der Waals surface area contributed by atoms with Crippen molar-refractivity contribution in [3.63, 3.8) is 0 Å². The Morgan fingerprint density at radius 3 is 2.71 bits per heavy atom. The fourth-order valence-corrected chi connectivity index (χ4v) is 6.92. The minimum absolute atomic E-state index is 0.103. The Kier molecular flexibility index (Phi) is 6.80.